The molecular weight excluding hydrogens is 655 g/mol. The first kappa shape index (κ1) is 31.6. The van der Waals surface area contributed by atoms with Crippen molar-refractivity contribution in [1.29, 1.82) is 0 Å². The van der Waals surface area contributed by atoms with Crippen LogP contribution in [0.3, 0.4) is 0 Å². The molecule has 54 heavy (non-hydrogen) atoms. The number of nitrogens with zero attached hydrogens (tertiary/aromatic N) is 1. The number of anilines is 3. The Balaban J connectivity index is 1.09. The summed E-state index contributed by atoms with van der Waals surface area (Å²) >= 11 is 0. The lowest BCUT2D eigenvalue weighted by Crippen LogP contribution is -2.09. The van der Waals surface area contributed by atoms with E-state index in [0.717, 1.165) is 50.1 Å². The zero-order chi connectivity index (χ0) is 35.8. The standard InChI is InChI=1S/C52H35NO/c1-3-12-36(13-4-1)38-22-29-42(30-23-38)53(43-31-24-39(25-32-43)37-14-5-2-6-15-37)44-33-26-41(27-34-44)46-35-28-40-16-7-8-17-45(40)51(46)49-20-11-19-48-47-18-9-10-21-50(47)54-52(48)49/h1-35H. The van der Waals surface area contributed by atoms with Crippen molar-refractivity contribution < 1.29 is 4.42 Å². The van der Waals surface area contributed by atoms with E-state index in [9.17, 15) is 0 Å². The molecule has 0 amide bonds. The molecule has 0 atom stereocenters. The van der Waals surface area contributed by atoms with Gasteiger partial charge in [0.05, 0.1) is 0 Å². The van der Waals surface area contributed by atoms with E-state index < -0.39 is 0 Å². The van der Waals surface area contributed by atoms with Crippen molar-refractivity contribution in [2.75, 3.05) is 4.90 Å². The van der Waals surface area contributed by atoms with Crippen LogP contribution in [0.1, 0.15) is 0 Å². The largest absolute Gasteiger partial charge is 0.455 e. The van der Waals surface area contributed by atoms with Crippen LogP contribution >= 0.6 is 0 Å². The highest BCUT2D eigenvalue weighted by atomic mass is 16.3. The van der Waals surface area contributed by atoms with E-state index >= 15 is 0 Å². The van der Waals surface area contributed by atoms with Gasteiger partial charge in [0.25, 0.3) is 0 Å². The molecule has 2 nitrogen and oxygen atoms in total. The second-order valence-corrected chi connectivity index (χ2v) is 13.7. The number of para-hydroxylation sites is 2. The smallest absolute Gasteiger partial charge is 0.143 e. The third-order valence-corrected chi connectivity index (χ3v) is 10.5. The van der Waals surface area contributed by atoms with Gasteiger partial charge < -0.3 is 9.32 Å². The van der Waals surface area contributed by atoms with E-state index in [4.69, 9.17) is 4.42 Å². The van der Waals surface area contributed by atoms with Gasteiger partial charge in [0.2, 0.25) is 0 Å². The molecule has 9 aromatic carbocycles. The average molecular weight is 690 g/mol. The van der Waals surface area contributed by atoms with E-state index in [0.29, 0.717) is 0 Å². The third kappa shape index (κ3) is 5.62. The Morgan fingerprint density at radius 2 is 0.778 bits per heavy atom. The fourth-order valence-electron chi connectivity index (χ4n) is 7.85. The van der Waals surface area contributed by atoms with Crippen LogP contribution in [0, 0.1) is 0 Å². The fourth-order valence-corrected chi connectivity index (χ4v) is 7.85. The van der Waals surface area contributed by atoms with Gasteiger partial charge in [-0.15, -0.1) is 0 Å². The van der Waals surface area contributed by atoms with Gasteiger partial charge in [0.1, 0.15) is 11.2 Å². The summed E-state index contributed by atoms with van der Waals surface area (Å²) < 4.78 is 6.59. The van der Waals surface area contributed by atoms with Gasteiger partial charge in [-0.05, 0) is 86.6 Å². The highest BCUT2D eigenvalue weighted by Gasteiger charge is 2.19. The number of rotatable bonds is 7. The summed E-state index contributed by atoms with van der Waals surface area (Å²) in [6.45, 7) is 0. The molecular formula is C52H35NO. The van der Waals surface area contributed by atoms with E-state index in [1.54, 1.807) is 0 Å². The summed E-state index contributed by atoms with van der Waals surface area (Å²) in [7, 11) is 0. The van der Waals surface area contributed by atoms with E-state index in [1.165, 1.54) is 44.2 Å². The van der Waals surface area contributed by atoms with Gasteiger partial charge in [-0.1, -0.05) is 170 Å². The molecule has 0 unspecified atom stereocenters. The van der Waals surface area contributed by atoms with Crippen LogP contribution in [0.5, 0.6) is 0 Å². The summed E-state index contributed by atoms with van der Waals surface area (Å²) in [6.07, 6.45) is 0. The normalized spacial score (nSPS) is 11.3. The molecule has 0 aliphatic rings. The Morgan fingerprint density at radius 3 is 1.39 bits per heavy atom. The molecule has 1 aromatic heterocycles. The summed E-state index contributed by atoms with van der Waals surface area (Å²) in [5.74, 6) is 0. The number of benzene rings is 9. The van der Waals surface area contributed by atoms with Crippen molar-refractivity contribution in [2.24, 2.45) is 0 Å². The molecule has 254 valence electrons. The third-order valence-electron chi connectivity index (χ3n) is 10.5. The molecule has 0 saturated carbocycles. The van der Waals surface area contributed by atoms with Gasteiger partial charge in [-0.3, -0.25) is 0 Å². The van der Waals surface area contributed by atoms with Crippen molar-refractivity contribution in [1.82, 2.24) is 0 Å². The van der Waals surface area contributed by atoms with Crippen molar-refractivity contribution >= 4 is 49.8 Å². The van der Waals surface area contributed by atoms with E-state index in [-0.39, 0.29) is 0 Å². The molecule has 0 saturated heterocycles. The number of hydrogen-bond acceptors (Lipinski definition) is 2. The quantitative estimate of drug-likeness (QED) is 0.166. The average Bonchev–Trinajstić information content (AvgIpc) is 3.64. The first-order valence-electron chi connectivity index (χ1n) is 18.4. The lowest BCUT2D eigenvalue weighted by Gasteiger charge is -2.26. The Hall–Kier alpha value is -7.16. The molecule has 0 radical (unpaired) electrons. The number of fused-ring (bicyclic) bond motifs is 4. The van der Waals surface area contributed by atoms with Gasteiger partial charge in [-0.2, -0.15) is 0 Å². The van der Waals surface area contributed by atoms with Gasteiger partial charge in [-0.25, -0.2) is 0 Å². The van der Waals surface area contributed by atoms with Gasteiger partial charge in [0.15, 0.2) is 0 Å². The predicted molar refractivity (Wildman–Crippen MR) is 228 cm³/mol. The van der Waals surface area contributed by atoms with Crippen molar-refractivity contribution in [2.45, 2.75) is 0 Å². The van der Waals surface area contributed by atoms with Gasteiger partial charge >= 0.3 is 0 Å². The minimum absolute atomic E-state index is 0.903. The Bertz CT molecular complexity index is 2810. The molecule has 0 fully saturated rings. The first-order valence-corrected chi connectivity index (χ1v) is 18.4. The number of furan rings is 1. The second kappa shape index (κ2) is 13.4. The van der Waals surface area contributed by atoms with Crippen LogP contribution < -0.4 is 4.90 Å². The highest BCUT2D eigenvalue weighted by molar-refractivity contribution is 6.14. The highest BCUT2D eigenvalue weighted by Crippen LogP contribution is 2.44. The van der Waals surface area contributed by atoms with E-state index in [1.807, 2.05) is 6.07 Å². The summed E-state index contributed by atoms with van der Waals surface area (Å²) in [5, 5.41) is 4.66. The summed E-state index contributed by atoms with van der Waals surface area (Å²) in [4.78, 5) is 2.34. The molecule has 0 N–H and O–H groups in total. The Kier molecular flexibility index (Phi) is 7.85. The van der Waals surface area contributed by atoms with Gasteiger partial charge in [0, 0.05) is 39.0 Å². The molecule has 2 heteroatoms. The van der Waals surface area contributed by atoms with Crippen molar-refractivity contribution in [3.05, 3.63) is 212 Å². The monoisotopic (exact) mass is 689 g/mol. The van der Waals surface area contributed by atoms with Crippen LogP contribution in [0.25, 0.3) is 77.2 Å². The zero-order valence-corrected chi connectivity index (χ0v) is 29.6. The first-order chi connectivity index (χ1) is 26.8. The maximum atomic E-state index is 6.59. The lowest BCUT2D eigenvalue weighted by atomic mass is 9.89. The van der Waals surface area contributed by atoms with Crippen LogP contribution in [0.2, 0.25) is 0 Å². The summed E-state index contributed by atoms with van der Waals surface area (Å²) in [6, 6.07) is 75.8. The SMILES string of the molecule is c1ccc(-c2ccc(N(c3ccc(-c4ccccc4)cc3)c3ccc(-c4ccc5ccccc5c4-c4cccc5c4oc4ccccc45)cc3)cc2)cc1. The van der Waals surface area contributed by atoms with Crippen LogP contribution in [-0.2, 0) is 0 Å². The minimum atomic E-state index is 0.903. The number of hydrogen-bond donors (Lipinski definition) is 0. The molecule has 1 heterocycles. The maximum Gasteiger partial charge on any atom is 0.143 e. The second-order valence-electron chi connectivity index (χ2n) is 13.7. The molecule has 10 aromatic rings. The van der Waals surface area contributed by atoms with Crippen LogP contribution in [0.4, 0.5) is 17.1 Å². The van der Waals surface area contributed by atoms with Crippen LogP contribution in [0.15, 0.2) is 217 Å². The summed E-state index contributed by atoms with van der Waals surface area (Å²) in [5.41, 5.74) is 14.5. The minimum Gasteiger partial charge on any atom is -0.455 e. The molecule has 0 aliphatic carbocycles. The predicted octanol–water partition coefficient (Wildman–Crippen LogP) is 14.9. The Labute approximate surface area is 314 Å². The lowest BCUT2D eigenvalue weighted by molar-refractivity contribution is 0.670. The molecule has 0 aliphatic heterocycles. The molecule has 0 spiro atoms. The van der Waals surface area contributed by atoms with E-state index in [2.05, 4.69) is 211 Å². The topological polar surface area (TPSA) is 16.4 Å². The fraction of sp³-hybridized carbons (Fsp3) is 0. The molecule has 0 bridgehead atoms. The van der Waals surface area contributed by atoms with Crippen molar-refractivity contribution in [3.63, 3.8) is 0 Å². The van der Waals surface area contributed by atoms with Crippen LogP contribution in [-0.4, -0.2) is 0 Å². The zero-order valence-electron chi connectivity index (χ0n) is 29.6. The van der Waals surface area contributed by atoms with Crippen molar-refractivity contribution in [3.8, 4) is 44.5 Å². The maximum absolute atomic E-state index is 6.59. The Morgan fingerprint density at radius 1 is 0.296 bits per heavy atom. The molecule has 10 rings (SSSR count).